The molecule has 1 aromatic carbocycles. The number of para-hydroxylation sites is 1. The second-order valence-electron chi connectivity index (χ2n) is 7.79. The van der Waals surface area contributed by atoms with Gasteiger partial charge in [-0.2, -0.15) is 0 Å². The molecule has 0 bridgehead atoms. The van der Waals surface area contributed by atoms with Crippen LogP contribution >= 0.6 is 0 Å². The van der Waals surface area contributed by atoms with Gasteiger partial charge in [-0.05, 0) is 49.7 Å². The normalized spacial score (nSPS) is 29.6. The van der Waals surface area contributed by atoms with E-state index >= 15 is 0 Å². The third-order valence-corrected chi connectivity index (χ3v) is 5.99. The lowest BCUT2D eigenvalue weighted by atomic mass is 9.63. The molecule has 0 N–H and O–H groups in total. The average molecular weight is 309 g/mol. The largest absolute Gasteiger partial charge is 0.274 e. The molecule has 0 saturated carbocycles. The minimum Gasteiger partial charge on any atom is -0.274 e. The molecule has 0 spiro atoms. The van der Waals surface area contributed by atoms with Crippen molar-refractivity contribution in [1.29, 1.82) is 0 Å². The van der Waals surface area contributed by atoms with Gasteiger partial charge in [0.1, 0.15) is 0 Å². The molecule has 1 aromatic rings. The van der Waals surface area contributed by atoms with Crippen LogP contribution in [0.4, 0.5) is 5.69 Å². The summed E-state index contributed by atoms with van der Waals surface area (Å²) in [5.74, 6) is -0.297. The molecule has 0 aromatic heterocycles. The van der Waals surface area contributed by atoms with Crippen LogP contribution in [0.3, 0.4) is 0 Å². The predicted octanol–water partition coefficient (Wildman–Crippen LogP) is 4.09. The van der Waals surface area contributed by atoms with Crippen LogP contribution < -0.4 is 4.90 Å². The summed E-state index contributed by atoms with van der Waals surface area (Å²) in [4.78, 5) is 27.2. The molecular formula is C20H23NO2. The van der Waals surface area contributed by atoms with Gasteiger partial charge in [0.2, 0.25) is 11.8 Å². The van der Waals surface area contributed by atoms with E-state index in [2.05, 4.69) is 13.8 Å². The van der Waals surface area contributed by atoms with Crippen LogP contribution in [0.15, 0.2) is 41.5 Å². The molecule has 3 aliphatic rings. The van der Waals surface area contributed by atoms with Gasteiger partial charge in [-0.1, -0.05) is 43.2 Å². The standard InChI is InChI=1S/C20H23NO2/c1-20(2)10-6-7-13-11-15-16(12-17(13)20)19(23)21(18(15)22)14-8-4-3-5-9-14/h3-5,8-9,15-16H,6-7,10-12H2,1-2H3/t15-,16-/m0/s1. The minimum atomic E-state index is -0.154. The van der Waals surface area contributed by atoms with E-state index in [9.17, 15) is 9.59 Å². The number of fused-ring (bicyclic) bond motifs is 1. The summed E-state index contributed by atoms with van der Waals surface area (Å²) in [6.45, 7) is 4.58. The minimum absolute atomic E-state index is 0.000812. The number of carbonyl (C=O) groups excluding carboxylic acids is 2. The molecule has 1 saturated heterocycles. The third kappa shape index (κ3) is 2.17. The van der Waals surface area contributed by atoms with Gasteiger partial charge >= 0.3 is 0 Å². The lowest BCUT2D eigenvalue weighted by Crippen LogP contribution is -2.32. The molecule has 1 aliphatic heterocycles. The van der Waals surface area contributed by atoms with Gasteiger partial charge in [0, 0.05) is 0 Å². The molecule has 0 unspecified atom stereocenters. The van der Waals surface area contributed by atoms with Crippen LogP contribution in [-0.2, 0) is 9.59 Å². The summed E-state index contributed by atoms with van der Waals surface area (Å²) in [5, 5.41) is 0. The Bertz CT molecular complexity index is 702. The number of hydrogen-bond acceptors (Lipinski definition) is 2. The maximum Gasteiger partial charge on any atom is 0.238 e. The number of nitrogens with zero attached hydrogens (tertiary/aromatic N) is 1. The number of rotatable bonds is 1. The molecule has 2 atom stereocenters. The van der Waals surface area contributed by atoms with E-state index in [1.165, 1.54) is 28.9 Å². The molecule has 3 heteroatoms. The maximum atomic E-state index is 12.9. The molecule has 1 fully saturated rings. The average Bonchev–Trinajstić information content (AvgIpc) is 2.78. The number of benzene rings is 1. The summed E-state index contributed by atoms with van der Waals surface area (Å²) in [7, 11) is 0. The Morgan fingerprint density at radius 3 is 2.35 bits per heavy atom. The second-order valence-corrected chi connectivity index (χ2v) is 7.79. The quantitative estimate of drug-likeness (QED) is 0.579. The van der Waals surface area contributed by atoms with Gasteiger partial charge in [-0.15, -0.1) is 0 Å². The van der Waals surface area contributed by atoms with E-state index in [1.54, 1.807) is 0 Å². The molecule has 4 rings (SSSR count). The maximum absolute atomic E-state index is 12.9. The van der Waals surface area contributed by atoms with Crippen LogP contribution in [0.5, 0.6) is 0 Å². The van der Waals surface area contributed by atoms with Crippen LogP contribution in [-0.4, -0.2) is 11.8 Å². The topological polar surface area (TPSA) is 37.4 Å². The van der Waals surface area contributed by atoms with Crippen molar-refractivity contribution in [3.63, 3.8) is 0 Å². The fraction of sp³-hybridized carbons (Fsp3) is 0.500. The lowest BCUT2D eigenvalue weighted by Gasteiger charge is -2.40. The SMILES string of the molecule is CC1(C)CCCC2=C1C[C@@H]1C(=O)N(c3ccccc3)C(=O)[C@H]1C2. The molecule has 3 nitrogen and oxygen atoms in total. The van der Waals surface area contributed by atoms with E-state index in [0.29, 0.717) is 5.69 Å². The first-order valence-electron chi connectivity index (χ1n) is 8.63. The number of imide groups is 1. The number of amides is 2. The summed E-state index contributed by atoms with van der Waals surface area (Å²) in [6, 6.07) is 9.37. The van der Waals surface area contributed by atoms with E-state index in [-0.39, 0.29) is 29.1 Å². The highest BCUT2D eigenvalue weighted by Gasteiger charge is 2.52. The van der Waals surface area contributed by atoms with Gasteiger partial charge in [0.15, 0.2) is 0 Å². The van der Waals surface area contributed by atoms with E-state index in [4.69, 9.17) is 0 Å². The van der Waals surface area contributed by atoms with Gasteiger partial charge < -0.3 is 0 Å². The Morgan fingerprint density at radius 1 is 1.00 bits per heavy atom. The molecule has 1 heterocycles. The molecule has 2 aliphatic carbocycles. The molecule has 120 valence electrons. The van der Waals surface area contributed by atoms with Gasteiger partial charge in [0.25, 0.3) is 0 Å². The van der Waals surface area contributed by atoms with Crippen molar-refractivity contribution in [1.82, 2.24) is 0 Å². The van der Waals surface area contributed by atoms with Crippen molar-refractivity contribution < 1.29 is 9.59 Å². The van der Waals surface area contributed by atoms with E-state index in [1.807, 2.05) is 30.3 Å². The lowest BCUT2D eigenvalue weighted by molar-refractivity contribution is -0.122. The number of allylic oxidation sites excluding steroid dienone is 2. The van der Waals surface area contributed by atoms with E-state index in [0.717, 1.165) is 19.3 Å². The van der Waals surface area contributed by atoms with Crippen molar-refractivity contribution in [2.24, 2.45) is 17.3 Å². The number of carbonyl (C=O) groups is 2. The molecule has 0 radical (unpaired) electrons. The summed E-state index contributed by atoms with van der Waals surface area (Å²) in [6.07, 6.45) is 5.06. The zero-order valence-electron chi connectivity index (χ0n) is 13.8. The smallest absolute Gasteiger partial charge is 0.238 e. The molecule has 2 amide bonds. The monoisotopic (exact) mass is 309 g/mol. The van der Waals surface area contributed by atoms with Crippen molar-refractivity contribution in [3.05, 3.63) is 41.5 Å². The summed E-state index contributed by atoms with van der Waals surface area (Å²) >= 11 is 0. The van der Waals surface area contributed by atoms with E-state index < -0.39 is 0 Å². The van der Waals surface area contributed by atoms with Gasteiger partial charge in [0.05, 0.1) is 17.5 Å². The first kappa shape index (κ1) is 14.7. The van der Waals surface area contributed by atoms with Gasteiger partial charge in [-0.3, -0.25) is 14.5 Å². The highest BCUT2D eigenvalue weighted by molar-refractivity contribution is 6.22. The predicted molar refractivity (Wildman–Crippen MR) is 89.8 cm³/mol. The number of anilines is 1. The van der Waals surface area contributed by atoms with Crippen LogP contribution in [0.2, 0.25) is 0 Å². The van der Waals surface area contributed by atoms with Crippen molar-refractivity contribution in [2.75, 3.05) is 4.90 Å². The number of hydrogen-bond donors (Lipinski definition) is 0. The Hall–Kier alpha value is -1.90. The van der Waals surface area contributed by atoms with Crippen molar-refractivity contribution in [3.8, 4) is 0 Å². The van der Waals surface area contributed by atoms with Gasteiger partial charge in [-0.25, -0.2) is 0 Å². The fourth-order valence-electron chi connectivity index (χ4n) is 4.73. The van der Waals surface area contributed by atoms with Crippen LogP contribution in [0.1, 0.15) is 46.0 Å². The van der Waals surface area contributed by atoms with Crippen molar-refractivity contribution >= 4 is 17.5 Å². The van der Waals surface area contributed by atoms with Crippen LogP contribution in [0.25, 0.3) is 0 Å². The molecular weight excluding hydrogens is 286 g/mol. The second kappa shape index (κ2) is 5.05. The first-order valence-corrected chi connectivity index (χ1v) is 8.63. The highest BCUT2D eigenvalue weighted by Crippen LogP contribution is 2.52. The first-order chi connectivity index (χ1) is 11.0. The van der Waals surface area contributed by atoms with Crippen molar-refractivity contribution in [2.45, 2.75) is 46.0 Å². The zero-order chi connectivity index (χ0) is 16.2. The summed E-state index contributed by atoms with van der Waals surface area (Å²) in [5.41, 5.74) is 3.82. The third-order valence-electron chi connectivity index (χ3n) is 5.99. The zero-order valence-corrected chi connectivity index (χ0v) is 13.8. The molecule has 23 heavy (non-hydrogen) atoms. The summed E-state index contributed by atoms with van der Waals surface area (Å²) < 4.78 is 0. The Morgan fingerprint density at radius 2 is 1.65 bits per heavy atom. The Kier molecular flexibility index (Phi) is 3.22. The highest BCUT2D eigenvalue weighted by atomic mass is 16.2. The fourth-order valence-corrected chi connectivity index (χ4v) is 4.73. The Labute approximate surface area is 137 Å². The Balaban J connectivity index is 1.69. The van der Waals surface area contributed by atoms with Crippen LogP contribution in [0, 0.1) is 17.3 Å².